The maximum atomic E-state index is 12.0. The van der Waals surface area contributed by atoms with E-state index in [4.69, 9.17) is 4.74 Å². The quantitative estimate of drug-likeness (QED) is 0.778. The zero-order chi connectivity index (χ0) is 18.5. The lowest BCUT2D eigenvalue weighted by Gasteiger charge is -2.23. The van der Waals surface area contributed by atoms with Crippen molar-refractivity contribution >= 4 is 17.7 Å². The number of thioether (sulfide) groups is 1. The zero-order valence-electron chi connectivity index (χ0n) is 15.4. The SMILES string of the molecule is COc1cccc(-n2c(SCC(=O)N(C)C)nnc2C2CCNCC2)c1. The number of amides is 1. The maximum absolute atomic E-state index is 12.0. The molecule has 1 aromatic heterocycles. The van der Waals surface area contributed by atoms with Gasteiger partial charge in [0.1, 0.15) is 11.6 Å². The van der Waals surface area contributed by atoms with Crippen molar-refractivity contribution in [2.75, 3.05) is 40.0 Å². The van der Waals surface area contributed by atoms with Crippen LogP contribution in [0, 0.1) is 0 Å². The number of carbonyl (C=O) groups excluding carboxylic acids is 1. The first-order valence-electron chi connectivity index (χ1n) is 8.73. The molecular formula is C18H25N5O2S. The van der Waals surface area contributed by atoms with E-state index in [1.165, 1.54) is 11.8 Å². The van der Waals surface area contributed by atoms with Crippen LogP contribution in [-0.2, 0) is 4.79 Å². The number of piperidine rings is 1. The van der Waals surface area contributed by atoms with Crippen LogP contribution in [0.25, 0.3) is 5.69 Å². The number of ether oxygens (including phenoxy) is 1. The van der Waals surface area contributed by atoms with Crippen molar-refractivity contribution < 1.29 is 9.53 Å². The minimum absolute atomic E-state index is 0.0543. The van der Waals surface area contributed by atoms with Gasteiger partial charge in [-0.15, -0.1) is 10.2 Å². The largest absolute Gasteiger partial charge is 0.497 e. The van der Waals surface area contributed by atoms with E-state index in [0.717, 1.165) is 48.3 Å². The number of hydrogen-bond donors (Lipinski definition) is 1. The smallest absolute Gasteiger partial charge is 0.232 e. The van der Waals surface area contributed by atoms with Crippen LogP contribution in [0.2, 0.25) is 0 Å². The predicted octanol–water partition coefficient (Wildman–Crippen LogP) is 1.92. The fourth-order valence-electron chi connectivity index (χ4n) is 2.97. The van der Waals surface area contributed by atoms with Crippen LogP contribution in [0.5, 0.6) is 5.75 Å². The molecule has 1 saturated heterocycles. The first-order chi connectivity index (χ1) is 12.6. The van der Waals surface area contributed by atoms with Gasteiger partial charge in [0, 0.05) is 26.1 Å². The molecule has 1 aromatic carbocycles. The Labute approximate surface area is 158 Å². The minimum Gasteiger partial charge on any atom is -0.497 e. The second-order valence-corrected chi connectivity index (χ2v) is 7.42. The molecule has 1 N–H and O–H groups in total. The molecule has 0 radical (unpaired) electrons. The Hall–Kier alpha value is -2.06. The lowest BCUT2D eigenvalue weighted by Crippen LogP contribution is -2.28. The van der Waals surface area contributed by atoms with E-state index in [0.29, 0.717) is 11.7 Å². The van der Waals surface area contributed by atoms with Gasteiger partial charge in [-0.05, 0) is 38.1 Å². The molecule has 1 amide bonds. The number of nitrogens with one attached hydrogen (secondary N) is 1. The van der Waals surface area contributed by atoms with Crippen LogP contribution in [0.3, 0.4) is 0 Å². The highest BCUT2D eigenvalue weighted by molar-refractivity contribution is 7.99. The van der Waals surface area contributed by atoms with Crippen molar-refractivity contribution in [2.24, 2.45) is 0 Å². The van der Waals surface area contributed by atoms with Crippen molar-refractivity contribution in [1.82, 2.24) is 25.0 Å². The molecule has 0 bridgehead atoms. The van der Waals surface area contributed by atoms with E-state index in [1.54, 1.807) is 26.1 Å². The molecule has 8 heteroatoms. The molecule has 0 spiro atoms. The van der Waals surface area contributed by atoms with Crippen molar-refractivity contribution in [3.8, 4) is 11.4 Å². The van der Waals surface area contributed by atoms with Gasteiger partial charge in [-0.3, -0.25) is 9.36 Å². The van der Waals surface area contributed by atoms with Crippen LogP contribution < -0.4 is 10.1 Å². The first-order valence-corrected chi connectivity index (χ1v) is 9.72. The highest BCUT2D eigenvalue weighted by Gasteiger charge is 2.25. The normalized spacial score (nSPS) is 15.0. The second-order valence-electron chi connectivity index (χ2n) is 6.48. The molecule has 1 aliphatic rings. The molecule has 1 fully saturated rings. The summed E-state index contributed by atoms with van der Waals surface area (Å²) in [6.45, 7) is 1.97. The third kappa shape index (κ3) is 4.19. The number of aromatic nitrogens is 3. The van der Waals surface area contributed by atoms with E-state index in [-0.39, 0.29) is 5.91 Å². The van der Waals surface area contributed by atoms with Gasteiger partial charge < -0.3 is 15.0 Å². The molecule has 26 heavy (non-hydrogen) atoms. The molecule has 0 aliphatic carbocycles. The monoisotopic (exact) mass is 375 g/mol. The summed E-state index contributed by atoms with van der Waals surface area (Å²) in [6.07, 6.45) is 2.06. The molecule has 1 aliphatic heterocycles. The topological polar surface area (TPSA) is 72.3 Å². The summed E-state index contributed by atoms with van der Waals surface area (Å²) < 4.78 is 7.45. The van der Waals surface area contributed by atoms with Crippen molar-refractivity contribution in [2.45, 2.75) is 23.9 Å². The number of methoxy groups -OCH3 is 1. The molecular weight excluding hydrogens is 350 g/mol. The summed E-state index contributed by atoms with van der Waals surface area (Å²) >= 11 is 1.42. The number of rotatable bonds is 6. The zero-order valence-corrected chi connectivity index (χ0v) is 16.3. The Bertz CT molecular complexity index is 756. The standard InChI is InChI=1S/C18H25N5O2S/c1-22(2)16(24)12-26-18-21-20-17(13-7-9-19-10-8-13)23(18)14-5-4-6-15(11-14)25-3/h4-6,11,13,19H,7-10,12H2,1-3H3. The van der Waals surface area contributed by atoms with Crippen LogP contribution >= 0.6 is 11.8 Å². The van der Waals surface area contributed by atoms with Crippen LogP contribution in [0.15, 0.2) is 29.4 Å². The number of hydrogen-bond acceptors (Lipinski definition) is 6. The number of carbonyl (C=O) groups is 1. The number of benzene rings is 1. The lowest BCUT2D eigenvalue weighted by molar-refractivity contribution is -0.125. The first kappa shape index (κ1) is 18.7. The second kappa shape index (κ2) is 8.55. The summed E-state index contributed by atoms with van der Waals surface area (Å²) in [6, 6.07) is 7.88. The van der Waals surface area contributed by atoms with Gasteiger partial charge in [0.15, 0.2) is 5.16 Å². The van der Waals surface area contributed by atoms with E-state index < -0.39 is 0 Å². The van der Waals surface area contributed by atoms with Gasteiger partial charge in [-0.25, -0.2) is 0 Å². The molecule has 0 unspecified atom stereocenters. The summed E-state index contributed by atoms with van der Waals surface area (Å²) in [5.74, 6) is 2.49. The Morgan fingerprint density at radius 2 is 2.12 bits per heavy atom. The van der Waals surface area contributed by atoms with E-state index in [9.17, 15) is 4.79 Å². The Morgan fingerprint density at radius 3 is 2.81 bits per heavy atom. The highest BCUT2D eigenvalue weighted by Crippen LogP contribution is 2.31. The van der Waals surface area contributed by atoms with Gasteiger partial charge in [0.05, 0.1) is 18.6 Å². The van der Waals surface area contributed by atoms with Gasteiger partial charge >= 0.3 is 0 Å². The minimum atomic E-state index is 0.0543. The summed E-state index contributed by atoms with van der Waals surface area (Å²) in [4.78, 5) is 13.6. The molecule has 2 aromatic rings. The molecule has 7 nitrogen and oxygen atoms in total. The van der Waals surface area contributed by atoms with Gasteiger partial charge in [0.25, 0.3) is 0 Å². The fraction of sp³-hybridized carbons (Fsp3) is 0.500. The molecule has 140 valence electrons. The molecule has 0 atom stereocenters. The predicted molar refractivity (Wildman–Crippen MR) is 102 cm³/mol. The van der Waals surface area contributed by atoms with Crippen LogP contribution in [0.1, 0.15) is 24.6 Å². The molecule has 2 heterocycles. The van der Waals surface area contributed by atoms with Gasteiger partial charge in [-0.2, -0.15) is 0 Å². The Morgan fingerprint density at radius 1 is 1.35 bits per heavy atom. The van der Waals surface area contributed by atoms with Crippen molar-refractivity contribution in [1.29, 1.82) is 0 Å². The van der Waals surface area contributed by atoms with Crippen LogP contribution in [0.4, 0.5) is 0 Å². The van der Waals surface area contributed by atoms with Crippen molar-refractivity contribution in [3.05, 3.63) is 30.1 Å². The summed E-state index contributed by atoms with van der Waals surface area (Å²) in [5.41, 5.74) is 0.961. The lowest BCUT2D eigenvalue weighted by atomic mass is 9.97. The average Bonchev–Trinajstić information content (AvgIpc) is 3.10. The Balaban J connectivity index is 1.95. The Kier molecular flexibility index (Phi) is 6.16. The van der Waals surface area contributed by atoms with Gasteiger partial charge in [0.2, 0.25) is 5.91 Å². The highest BCUT2D eigenvalue weighted by atomic mass is 32.2. The van der Waals surface area contributed by atoms with Crippen molar-refractivity contribution in [3.63, 3.8) is 0 Å². The van der Waals surface area contributed by atoms with E-state index >= 15 is 0 Å². The number of nitrogens with zero attached hydrogens (tertiary/aromatic N) is 4. The van der Waals surface area contributed by atoms with Gasteiger partial charge in [-0.1, -0.05) is 17.8 Å². The molecule has 3 rings (SSSR count). The van der Waals surface area contributed by atoms with Crippen LogP contribution in [-0.4, -0.2) is 65.6 Å². The third-order valence-corrected chi connectivity index (χ3v) is 5.41. The van der Waals surface area contributed by atoms with E-state index in [1.807, 2.05) is 24.3 Å². The maximum Gasteiger partial charge on any atom is 0.232 e. The average molecular weight is 375 g/mol. The summed E-state index contributed by atoms with van der Waals surface area (Å²) in [7, 11) is 5.18. The fourth-order valence-corrected chi connectivity index (χ4v) is 3.90. The van der Waals surface area contributed by atoms with E-state index in [2.05, 4.69) is 20.1 Å². The molecule has 0 saturated carbocycles. The third-order valence-electron chi connectivity index (χ3n) is 4.50. The summed E-state index contributed by atoms with van der Waals surface area (Å²) in [5, 5.41) is 13.0.